The lowest BCUT2D eigenvalue weighted by Crippen LogP contribution is -1.89. The van der Waals surface area contributed by atoms with Crippen LogP contribution in [0.3, 0.4) is 0 Å². The standard InChI is InChI=1S/C21H19N3OS/c1-3-14-4-7-17(8-5-14)23-21-24-19-9-6-15(11-20(19)26-21)16-10-18(25-2)13-22-12-16/h4-13H,3H2,1-2H3,(H,23,24). The van der Waals surface area contributed by atoms with Gasteiger partial charge in [0.1, 0.15) is 5.75 Å². The van der Waals surface area contributed by atoms with E-state index in [2.05, 4.69) is 58.6 Å². The van der Waals surface area contributed by atoms with Crippen molar-refractivity contribution in [1.29, 1.82) is 0 Å². The molecular weight excluding hydrogens is 342 g/mol. The maximum atomic E-state index is 5.27. The fourth-order valence-electron chi connectivity index (χ4n) is 2.79. The van der Waals surface area contributed by atoms with Gasteiger partial charge in [0.25, 0.3) is 0 Å². The van der Waals surface area contributed by atoms with Gasteiger partial charge in [-0.15, -0.1) is 0 Å². The average molecular weight is 361 g/mol. The summed E-state index contributed by atoms with van der Waals surface area (Å²) in [4.78, 5) is 8.92. The van der Waals surface area contributed by atoms with Crippen molar-refractivity contribution in [3.8, 4) is 16.9 Å². The summed E-state index contributed by atoms with van der Waals surface area (Å²) in [6, 6.07) is 16.7. The first-order valence-corrected chi connectivity index (χ1v) is 9.33. The van der Waals surface area contributed by atoms with Gasteiger partial charge in [0.15, 0.2) is 5.13 Å². The second kappa shape index (κ2) is 7.14. The quantitative estimate of drug-likeness (QED) is 0.497. The summed E-state index contributed by atoms with van der Waals surface area (Å²) < 4.78 is 6.41. The van der Waals surface area contributed by atoms with Gasteiger partial charge in [-0.05, 0) is 47.9 Å². The van der Waals surface area contributed by atoms with Crippen LogP contribution in [0, 0.1) is 0 Å². The monoisotopic (exact) mass is 361 g/mol. The van der Waals surface area contributed by atoms with E-state index in [1.54, 1.807) is 24.6 Å². The maximum Gasteiger partial charge on any atom is 0.188 e. The molecule has 2 aromatic heterocycles. The minimum atomic E-state index is 0.754. The summed E-state index contributed by atoms with van der Waals surface area (Å²) in [5.41, 5.74) is 5.51. The number of ether oxygens (including phenoxy) is 1. The summed E-state index contributed by atoms with van der Waals surface area (Å²) >= 11 is 1.65. The second-order valence-corrected chi connectivity index (χ2v) is 7.02. The van der Waals surface area contributed by atoms with Crippen LogP contribution in [0.2, 0.25) is 0 Å². The van der Waals surface area contributed by atoms with Gasteiger partial charge in [0, 0.05) is 17.4 Å². The van der Waals surface area contributed by atoms with E-state index in [1.165, 1.54) is 5.56 Å². The largest absolute Gasteiger partial charge is 0.495 e. The average Bonchev–Trinajstić information content (AvgIpc) is 3.10. The van der Waals surface area contributed by atoms with Crippen LogP contribution in [0.4, 0.5) is 10.8 Å². The lowest BCUT2D eigenvalue weighted by Gasteiger charge is -2.03. The van der Waals surface area contributed by atoms with Crippen molar-refractivity contribution in [2.75, 3.05) is 12.4 Å². The van der Waals surface area contributed by atoms with E-state index < -0.39 is 0 Å². The molecule has 0 fully saturated rings. The molecule has 4 nitrogen and oxygen atoms in total. The molecule has 5 heteroatoms. The highest BCUT2D eigenvalue weighted by Gasteiger charge is 2.07. The number of fused-ring (bicyclic) bond motifs is 1. The molecule has 2 aromatic carbocycles. The smallest absolute Gasteiger partial charge is 0.188 e. The number of hydrogen-bond acceptors (Lipinski definition) is 5. The van der Waals surface area contributed by atoms with E-state index in [0.717, 1.165) is 44.3 Å². The number of thiazole rings is 1. The molecule has 26 heavy (non-hydrogen) atoms. The molecule has 0 atom stereocenters. The number of nitrogens with one attached hydrogen (secondary N) is 1. The van der Waals surface area contributed by atoms with Gasteiger partial charge < -0.3 is 10.1 Å². The van der Waals surface area contributed by atoms with E-state index >= 15 is 0 Å². The van der Waals surface area contributed by atoms with Crippen molar-refractivity contribution in [3.05, 3.63) is 66.5 Å². The van der Waals surface area contributed by atoms with Crippen LogP contribution < -0.4 is 10.1 Å². The SMILES string of the molecule is CCc1ccc(Nc2nc3ccc(-c4cncc(OC)c4)cc3s2)cc1. The Labute approximate surface area is 156 Å². The Kier molecular flexibility index (Phi) is 4.54. The van der Waals surface area contributed by atoms with Crippen LogP contribution in [-0.4, -0.2) is 17.1 Å². The highest BCUT2D eigenvalue weighted by atomic mass is 32.1. The van der Waals surface area contributed by atoms with Crippen molar-refractivity contribution in [1.82, 2.24) is 9.97 Å². The van der Waals surface area contributed by atoms with Gasteiger partial charge in [-0.1, -0.05) is 36.5 Å². The molecule has 0 spiro atoms. The Morgan fingerprint density at radius 2 is 1.85 bits per heavy atom. The van der Waals surface area contributed by atoms with Gasteiger partial charge in [0.05, 0.1) is 23.5 Å². The number of hydrogen-bond donors (Lipinski definition) is 1. The van der Waals surface area contributed by atoms with E-state index in [-0.39, 0.29) is 0 Å². The Morgan fingerprint density at radius 3 is 2.62 bits per heavy atom. The summed E-state index contributed by atoms with van der Waals surface area (Å²) in [5.74, 6) is 0.754. The first kappa shape index (κ1) is 16.5. The molecule has 0 aliphatic rings. The highest BCUT2D eigenvalue weighted by molar-refractivity contribution is 7.22. The molecule has 0 saturated heterocycles. The molecule has 0 aliphatic carbocycles. The fraction of sp³-hybridized carbons (Fsp3) is 0.143. The molecule has 1 N–H and O–H groups in total. The fourth-order valence-corrected chi connectivity index (χ4v) is 3.72. The predicted octanol–water partition coefficient (Wildman–Crippen LogP) is 5.67. The van der Waals surface area contributed by atoms with Crippen molar-refractivity contribution in [2.24, 2.45) is 0 Å². The third-order valence-electron chi connectivity index (χ3n) is 4.28. The molecule has 0 bridgehead atoms. The van der Waals surface area contributed by atoms with Crippen LogP contribution in [-0.2, 0) is 6.42 Å². The van der Waals surface area contributed by atoms with Crippen molar-refractivity contribution < 1.29 is 4.74 Å². The molecule has 130 valence electrons. The highest BCUT2D eigenvalue weighted by Crippen LogP contribution is 2.32. The van der Waals surface area contributed by atoms with E-state index in [0.29, 0.717) is 0 Å². The molecule has 0 radical (unpaired) electrons. The third kappa shape index (κ3) is 3.39. The van der Waals surface area contributed by atoms with Crippen molar-refractivity contribution in [3.63, 3.8) is 0 Å². The van der Waals surface area contributed by atoms with Crippen molar-refractivity contribution >= 4 is 32.4 Å². The van der Waals surface area contributed by atoms with E-state index in [4.69, 9.17) is 4.74 Å². The molecule has 0 saturated carbocycles. The van der Waals surface area contributed by atoms with Crippen LogP contribution >= 0.6 is 11.3 Å². The Morgan fingerprint density at radius 1 is 1.00 bits per heavy atom. The third-order valence-corrected chi connectivity index (χ3v) is 5.22. The number of aromatic nitrogens is 2. The van der Waals surface area contributed by atoms with Crippen LogP contribution in [0.1, 0.15) is 12.5 Å². The topological polar surface area (TPSA) is 47.0 Å². The molecule has 0 amide bonds. The van der Waals surface area contributed by atoms with Crippen LogP contribution in [0.5, 0.6) is 5.75 Å². The lowest BCUT2D eigenvalue weighted by atomic mass is 10.1. The lowest BCUT2D eigenvalue weighted by molar-refractivity contribution is 0.413. The predicted molar refractivity (Wildman–Crippen MR) is 109 cm³/mol. The number of aryl methyl sites for hydroxylation is 1. The second-order valence-electron chi connectivity index (χ2n) is 5.99. The normalized spacial score (nSPS) is 10.8. The summed E-state index contributed by atoms with van der Waals surface area (Å²) in [5, 5.41) is 4.29. The number of methoxy groups -OCH3 is 1. The number of nitrogens with zero attached hydrogens (tertiary/aromatic N) is 2. The van der Waals surface area contributed by atoms with Gasteiger partial charge in [0.2, 0.25) is 0 Å². The zero-order chi connectivity index (χ0) is 17.9. The number of benzene rings is 2. The molecule has 4 rings (SSSR count). The summed E-state index contributed by atoms with van der Waals surface area (Å²) in [6.45, 7) is 2.16. The summed E-state index contributed by atoms with van der Waals surface area (Å²) in [7, 11) is 1.65. The minimum absolute atomic E-state index is 0.754. The zero-order valence-electron chi connectivity index (χ0n) is 14.7. The zero-order valence-corrected chi connectivity index (χ0v) is 15.5. The maximum absolute atomic E-state index is 5.27. The first-order chi connectivity index (χ1) is 12.7. The van der Waals surface area contributed by atoms with Gasteiger partial charge in [-0.3, -0.25) is 4.98 Å². The van der Waals surface area contributed by atoms with Crippen molar-refractivity contribution in [2.45, 2.75) is 13.3 Å². The van der Waals surface area contributed by atoms with E-state index in [9.17, 15) is 0 Å². The number of rotatable bonds is 5. The molecule has 0 unspecified atom stereocenters. The van der Waals surface area contributed by atoms with Gasteiger partial charge in [-0.25, -0.2) is 4.98 Å². The molecule has 2 heterocycles. The molecular formula is C21H19N3OS. The van der Waals surface area contributed by atoms with Crippen LogP contribution in [0.15, 0.2) is 60.9 Å². The number of pyridine rings is 1. The Balaban J connectivity index is 1.62. The summed E-state index contributed by atoms with van der Waals surface area (Å²) in [6.07, 6.45) is 4.60. The first-order valence-electron chi connectivity index (χ1n) is 8.51. The number of anilines is 2. The van der Waals surface area contributed by atoms with Gasteiger partial charge in [-0.2, -0.15) is 0 Å². The minimum Gasteiger partial charge on any atom is -0.495 e. The van der Waals surface area contributed by atoms with E-state index in [1.807, 2.05) is 18.3 Å². The molecule has 0 aliphatic heterocycles. The van der Waals surface area contributed by atoms with Crippen LogP contribution in [0.25, 0.3) is 21.3 Å². The Hall–Kier alpha value is -2.92. The molecule has 4 aromatic rings. The van der Waals surface area contributed by atoms with Gasteiger partial charge >= 0.3 is 0 Å². The Bertz CT molecular complexity index is 1040.